The number of likely N-dealkylation sites (tertiary alicyclic amines) is 1. The summed E-state index contributed by atoms with van der Waals surface area (Å²) in [6, 6.07) is 7.59. The second-order valence-corrected chi connectivity index (χ2v) is 6.74. The van der Waals surface area contributed by atoms with Gasteiger partial charge >= 0.3 is 5.97 Å². The monoisotopic (exact) mass is 367 g/mol. The highest BCUT2D eigenvalue weighted by atomic mass is 19.1. The number of amides is 1. The molecule has 27 heavy (non-hydrogen) atoms. The molecule has 0 radical (unpaired) electrons. The second-order valence-electron chi connectivity index (χ2n) is 6.74. The molecule has 0 aliphatic carbocycles. The van der Waals surface area contributed by atoms with Crippen molar-refractivity contribution in [2.75, 3.05) is 13.1 Å². The Balaban J connectivity index is 1.45. The van der Waals surface area contributed by atoms with Crippen LogP contribution >= 0.6 is 0 Å². The molecule has 0 bridgehead atoms. The predicted octanol–water partition coefficient (Wildman–Crippen LogP) is 3.42. The molecule has 3 heterocycles. The maximum atomic E-state index is 13.4. The number of nitrogens with one attached hydrogen (secondary N) is 1. The van der Waals surface area contributed by atoms with Gasteiger partial charge in [-0.2, -0.15) is 0 Å². The number of aromatic amines is 1. The fraction of sp³-hybridized carbons (Fsp3) is 0.250. The van der Waals surface area contributed by atoms with Crippen molar-refractivity contribution in [3.63, 3.8) is 0 Å². The third-order valence-electron chi connectivity index (χ3n) is 5.13. The van der Waals surface area contributed by atoms with Gasteiger partial charge in [0, 0.05) is 36.4 Å². The summed E-state index contributed by atoms with van der Waals surface area (Å²) in [5.41, 5.74) is 2.24. The predicted molar refractivity (Wildman–Crippen MR) is 97.3 cm³/mol. The first-order chi connectivity index (χ1) is 13.0. The highest BCUT2D eigenvalue weighted by molar-refractivity contribution is 5.94. The van der Waals surface area contributed by atoms with E-state index in [1.54, 1.807) is 11.0 Å². The van der Waals surface area contributed by atoms with Crippen molar-refractivity contribution in [2.24, 2.45) is 0 Å². The molecule has 0 unspecified atom stereocenters. The van der Waals surface area contributed by atoms with Crippen LogP contribution in [0.4, 0.5) is 4.39 Å². The van der Waals surface area contributed by atoms with Gasteiger partial charge in [0.1, 0.15) is 11.5 Å². The number of pyridine rings is 1. The zero-order valence-corrected chi connectivity index (χ0v) is 14.5. The molecule has 1 amide bonds. The summed E-state index contributed by atoms with van der Waals surface area (Å²) < 4.78 is 13.4. The number of nitrogens with zero attached hydrogens (tertiary/aromatic N) is 2. The van der Waals surface area contributed by atoms with Gasteiger partial charge in [-0.3, -0.25) is 9.78 Å². The van der Waals surface area contributed by atoms with Crippen LogP contribution in [0.5, 0.6) is 0 Å². The molecule has 1 aliphatic heterocycles. The Labute approximate surface area is 154 Å². The Morgan fingerprint density at radius 2 is 1.96 bits per heavy atom. The summed E-state index contributed by atoms with van der Waals surface area (Å²) in [5.74, 6) is -1.22. The third kappa shape index (κ3) is 3.28. The van der Waals surface area contributed by atoms with Crippen LogP contribution < -0.4 is 0 Å². The van der Waals surface area contributed by atoms with Gasteiger partial charge in [-0.1, -0.05) is 0 Å². The van der Waals surface area contributed by atoms with Crippen LogP contribution in [-0.2, 0) is 0 Å². The summed E-state index contributed by atoms with van der Waals surface area (Å²) in [7, 11) is 0. The van der Waals surface area contributed by atoms with Gasteiger partial charge in [0.25, 0.3) is 5.91 Å². The summed E-state index contributed by atoms with van der Waals surface area (Å²) in [5, 5.41) is 9.93. The lowest BCUT2D eigenvalue weighted by Crippen LogP contribution is -2.38. The van der Waals surface area contributed by atoms with Crippen molar-refractivity contribution in [3.8, 4) is 0 Å². The van der Waals surface area contributed by atoms with Crippen LogP contribution in [0, 0.1) is 5.82 Å². The van der Waals surface area contributed by atoms with Crippen molar-refractivity contribution in [3.05, 3.63) is 65.4 Å². The standard InChI is InChI=1S/C20H18FN3O3/c21-14-2-3-15-16(11-23-18(15)9-14)12-5-7-24(8-6-12)19(25)17-4-1-13(10-22-17)20(26)27/h1-4,9-12,23H,5-8H2,(H,26,27). The van der Waals surface area contributed by atoms with Crippen molar-refractivity contribution < 1.29 is 19.1 Å². The number of carboxylic acid groups (broad SMARTS) is 1. The van der Waals surface area contributed by atoms with E-state index in [-0.39, 0.29) is 23.0 Å². The zero-order valence-electron chi connectivity index (χ0n) is 14.5. The van der Waals surface area contributed by atoms with E-state index in [9.17, 15) is 14.0 Å². The van der Waals surface area contributed by atoms with Crippen LogP contribution in [0.1, 0.15) is 45.2 Å². The Bertz CT molecular complexity index is 1000. The van der Waals surface area contributed by atoms with Crippen molar-refractivity contribution in [2.45, 2.75) is 18.8 Å². The molecule has 4 rings (SSSR count). The number of aromatic carboxylic acids is 1. The van der Waals surface area contributed by atoms with E-state index in [0.717, 1.165) is 29.3 Å². The maximum absolute atomic E-state index is 13.4. The van der Waals surface area contributed by atoms with E-state index < -0.39 is 5.97 Å². The van der Waals surface area contributed by atoms with Crippen LogP contribution in [0.2, 0.25) is 0 Å². The van der Waals surface area contributed by atoms with E-state index in [1.165, 1.54) is 30.5 Å². The average Bonchev–Trinajstić information content (AvgIpc) is 3.10. The number of carbonyl (C=O) groups is 2. The molecule has 138 valence electrons. The molecule has 2 aromatic heterocycles. The third-order valence-corrected chi connectivity index (χ3v) is 5.13. The number of rotatable bonds is 3. The average molecular weight is 367 g/mol. The van der Waals surface area contributed by atoms with Crippen LogP contribution in [-0.4, -0.2) is 44.9 Å². The number of halogens is 1. The summed E-state index contributed by atoms with van der Waals surface area (Å²) in [6.45, 7) is 1.19. The number of aromatic nitrogens is 2. The van der Waals surface area contributed by atoms with Gasteiger partial charge < -0.3 is 15.0 Å². The number of hydrogen-bond acceptors (Lipinski definition) is 3. The van der Waals surface area contributed by atoms with Crippen molar-refractivity contribution in [1.82, 2.24) is 14.9 Å². The SMILES string of the molecule is O=C(O)c1ccc(C(=O)N2CCC(c3c[nH]c4cc(F)ccc34)CC2)nc1. The van der Waals surface area contributed by atoms with Gasteiger partial charge in [0.2, 0.25) is 0 Å². The molecule has 3 aromatic rings. The van der Waals surface area contributed by atoms with Crippen LogP contribution in [0.15, 0.2) is 42.7 Å². The molecular formula is C20H18FN3O3. The first-order valence-corrected chi connectivity index (χ1v) is 8.78. The lowest BCUT2D eigenvalue weighted by molar-refractivity contribution is 0.0685. The quantitative estimate of drug-likeness (QED) is 0.743. The number of carbonyl (C=O) groups excluding carboxylic acids is 1. The first kappa shape index (κ1) is 17.2. The van der Waals surface area contributed by atoms with Gasteiger partial charge in [-0.25, -0.2) is 9.18 Å². The molecule has 7 heteroatoms. The topological polar surface area (TPSA) is 86.3 Å². The lowest BCUT2D eigenvalue weighted by Gasteiger charge is -2.31. The van der Waals surface area contributed by atoms with Gasteiger partial charge in [-0.15, -0.1) is 0 Å². The maximum Gasteiger partial charge on any atom is 0.337 e. The molecule has 1 fully saturated rings. The van der Waals surface area contributed by atoms with E-state index in [0.29, 0.717) is 19.0 Å². The molecule has 0 atom stereocenters. The molecular weight excluding hydrogens is 349 g/mol. The minimum absolute atomic E-state index is 0.0565. The first-order valence-electron chi connectivity index (χ1n) is 8.78. The lowest BCUT2D eigenvalue weighted by atomic mass is 9.89. The number of hydrogen-bond donors (Lipinski definition) is 2. The number of fused-ring (bicyclic) bond motifs is 1. The minimum atomic E-state index is -1.07. The van der Waals surface area contributed by atoms with E-state index in [4.69, 9.17) is 5.11 Å². The Morgan fingerprint density at radius 3 is 2.63 bits per heavy atom. The zero-order chi connectivity index (χ0) is 19.0. The second kappa shape index (κ2) is 6.83. The fourth-order valence-corrected chi connectivity index (χ4v) is 3.66. The highest BCUT2D eigenvalue weighted by Gasteiger charge is 2.26. The van der Waals surface area contributed by atoms with E-state index in [1.807, 2.05) is 6.20 Å². The Hall–Kier alpha value is -3.22. The Kier molecular flexibility index (Phi) is 4.35. The molecule has 1 aliphatic rings. The molecule has 1 aromatic carbocycles. The van der Waals surface area contributed by atoms with Crippen LogP contribution in [0.3, 0.4) is 0 Å². The van der Waals surface area contributed by atoms with E-state index in [2.05, 4.69) is 9.97 Å². The van der Waals surface area contributed by atoms with Gasteiger partial charge in [0.15, 0.2) is 0 Å². The number of piperidine rings is 1. The number of H-pyrrole nitrogens is 1. The smallest absolute Gasteiger partial charge is 0.337 e. The Morgan fingerprint density at radius 1 is 1.19 bits per heavy atom. The molecule has 6 nitrogen and oxygen atoms in total. The number of carboxylic acids is 1. The van der Waals surface area contributed by atoms with Crippen molar-refractivity contribution in [1.29, 1.82) is 0 Å². The minimum Gasteiger partial charge on any atom is -0.478 e. The highest BCUT2D eigenvalue weighted by Crippen LogP contribution is 2.33. The number of benzene rings is 1. The van der Waals surface area contributed by atoms with E-state index >= 15 is 0 Å². The normalized spacial score (nSPS) is 15.2. The van der Waals surface area contributed by atoms with Crippen molar-refractivity contribution >= 4 is 22.8 Å². The van der Waals surface area contributed by atoms with Gasteiger partial charge in [0.05, 0.1) is 5.56 Å². The largest absolute Gasteiger partial charge is 0.478 e. The summed E-state index contributed by atoms with van der Waals surface area (Å²) in [4.78, 5) is 32.3. The fourth-order valence-electron chi connectivity index (χ4n) is 3.66. The molecule has 2 N–H and O–H groups in total. The van der Waals surface area contributed by atoms with Gasteiger partial charge in [-0.05, 0) is 54.7 Å². The molecule has 0 saturated carbocycles. The van der Waals surface area contributed by atoms with Crippen LogP contribution in [0.25, 0.3) is 10.9 Å². The molecule has 1 saturated heterocycles. The molecule has 0 spiro atoms. The summed E-state index contributed by atoms with van der Waals surface area (Å²) in [6.07, 6.45) is 4.75. The summed E-state index contributed by atoms with van der Waals surface area (Å²) >= 11 is 0.